The summed E-state index contributed by atoms with van der Waals surface area (Å²) in [6.07, 6.45) is 5.93. The van der Waals surface area contributed by atoms with Gasteiger partial charge in [0.2, 0.25) is 5.88 Å². The van der Waals surface area contributed by atoms with Crippen LogP contribution in [0.4, 0.5) is 0 Å². The summed E-state index contributed by atoms with van der Waals surface area (Å²) >= 11 is 0. The topological polar surface area (TPSA) is 39.9 Å². The van der Waals surface area contributed by atoms with Gasteiger partial charge in [-0.25, -0.2) is 9.97 Å². The van der Waals surface area contributed by atoms with Gasteiger partial charge >= 0.3 is 0 Å². The van der Waals surface area contributed by atoms with Crippen molar-refractivity contribution in [2.24, 2.45) is 0 Å². The average molecular weight is 231 g/mol. The molecule has 0 bridgehead atoms. The fourth-order valence-electron chi connectivity index (χ4n) is 1.77. The van der Waals surface area contributed by atoms with E-state index in [0.717, 1.165) is 30.9 Å². The molecule has 0 aliphatic heterocycles. The summed E-state index contributed by atoms with van der Waals surface area (Å²) in [7, 11) is 1.63. The smallest absolute Gasteiger partial charge is 0.213 e. The van der Waals surface area contributed by atoms with Gasteiger partial charge in [-0.05, 0) is 12.5 Å². The number of aromatic nitrogens is 3. The SMILES string of the molecule is CCCc1nccn1Cc1cccc(OC)n1. The van der Waals surface area contributed by atoms with E-state index in [4.69, 9.17) is 4.74 Å². The molecule has 0 unspecified atom stereocenters. The Hall–Kier alpha value is -1.84. The van der Waals surface area contributed by atoms with Crippen molar-refractivity contribution in [2.75, 3.05) is 7.11 Å². The summed E-state index contributed by atoms with van der Waals surface area (Å²) in [6, 6.07) is 5.81. The quantitative estimate of drug-likeness (QED) is 0.792. The molecule has 0 spiro atoms. The highest BCUT2D eigenvalue weighted by molar-refractivity contribution is 5.16. The lowest BCUT2D eigenvalue weighted by molar-refractivity contribution is 0.396. The zero-order valence-electron chi connectivity index (χ0n) is 10.3. The maximum atomic E-state index is 5.12. The Kier molecular flexibility index (Phi) is 3.75. The lowest BCUT2D eigenvalue weighted by atomic mass is 10.3. The predicted molar refractivity (Wildman–Crippen MR) is 66.1 cm³/mol. The van der Waals surface area contributed by atoms with E-state index in [-0.39, 0.29) is 0 Å². The molecule has 0 N–H and O–H groups in total. The van der Waals surface area contributed by atoms with Crippen molar-refractivity contribution in [3.8, 4) is 5.88 Å². The van der Waals surface area contributed by atoms with Crippen molar-refractivity contribution in [2.45, 2.75) is 26.3 Å². The van der Waals surface area contributed by atoms with Gasteiger partial charge in [0.25, 0.3) is 0 Å². The number of nitrogens with zero attached hydrogens (tertiary/aromatic N) is 3. The number of pyridine rings is 1. The molecular formula is C13H17N3O. The third-order valence-electron chi connectivity index (χ3n) is 2.60. The molecule has 2 aromatic rings. The van der Waals surface area contributed by atoms with Crippen LogP contribution < -0.4 is 4.74 Å². The molecule has 4 heteroatoms. The molecule has 0 saturated heterocycles. The number of methoxy groups -OCH3 is 1. The Balaban J connectivity index is 2.16. The second kappa shape index (κ2) is 5.48. The Bertz CT molecular complexity index is 479. The number of hydrogen-bond acceptors (Lipinski definition) is 3. The highest BCUT2D eigenvalue weighted by Gasteiger charge is 2.04. The zero-order valence-corrected chi connectivity index (χ0v) is 10.3. The molecule has 90 valence electrons. The monoisotopic (exact) mass is 231 g/mol. The standard InChI is InChI=1S/C13H17N3O/c1-3-5-12-14-8-9-16(12)10-11-6-4-7-13(15-11)17-2/h4,6-9H,3,5,10H2,1-2H3. The van der Waals surface area contributed by atoms with Crippen LogP contribution in [-0.4, -0.2) is 21.6 Å². The van der Waals surface area contributed by atoms with Gasteiger partial charge in [0.15, 0.2) is 0 Å². The number of aryl methyl sites for hydroxylation is 1. The Morgan fingerprint density at radius 3 is 3.00 bits per heavy atom. The second-order valence-corrected chi connectivity index (χ2v) is 3.89. The summed E-state index contributed by atoms with van der Waals surface area (Å²) in [6.45, 7) is 2.90. The van der Waals surface area contributed by atoms with E-state index in [1.807, 2.05) is 30.6 Å². The minimum Gasteiger partial charge on any atom is -0.481 e. The maximum absolute atomic E-state index is 5.12. The van der Waals surface area contributed by atoms with Crippen LogP contribution in [0.15, 0.2) is 30.6 Å². The Morgan fingerprint density at radius 1 is 1.35 bits per heavy atom. The molecule has 0 aliphatic carbocycles. The van der Waals surface area contributed by atoms with Crippen LogP contribution in [0.25, 0.3) is 0 Å². The zero-order chi connectivity index (χ0) is 12.1. The third-order valence-corrected chi connectivity index (χ3v) is 2.60. The Morgan fingerprint density at radius 2 is 2.24 bits per heavy atom. The maximum Gasteiger partial charge on any atom is 0.213 e. The highest BCUT2D eigenvalue weighted by Crippen LogP contribution is 2.10. The van der Waals surface area contributed by atoms with Gasteiger partial charge in [0, 0.05) is 24.9 Å². The van der Waals surface area contributed by atoms with E-state index in [1.165, 1.54) is 0 Å². The van der Waals surface area contributed by atoms with E-state index in [1.54, 1.807) is 7.11 Å². The minimum atomic E-state index is 0.652. The van der Waals surface area contributed by atoms with Crippen LogP contribution in [0, 0.1) is 0 Å². The number of ether oxygens (including phenoxy) is 1. The van der Waals surface area contributed by atoms with Crippen molar-refractivity contribution < 1.29 is 4.74 Å². The summed E-state index contributed by atoms with van der Waals surface area (Å²) in [4.78, 5) is 8.75. The third kappa shape index (κ3) is 2.84. The molecule has 0 atom stereocenters. The van der Waals surface area contributed by atoms with E-state index in [9.17, 15) is 0 Å². The first-order chi connectivity index (χ1) is 8.33. The minimum absolute atomic E-state index is 0.652. The predicted octanol–water partition coefficient (Wildman–Crippen LogP) is 2.29. The van der Waals surface area contributed by atoms with E-state index >= 15 is 0 Å². The molecular weight excluding hydrogens is 214 g/mol. The van der Waals surface area contributed by atoms with Crippen molar-refractivity contribution in [1.82, 2.24) is 14.5 Å². The van der Waals surface area contributed by atoms with Crippen LogP contribution in [0.3, 0.4) is 0 Å². The molecule has 2 aromatic heterocycles. The fourth-order valence-corrected chi connectivity index (χ4v) is 1.77. The average Bonchev–Trinajstić information content (AvgIpc) is 2.78. The number of imidazole rings is 1. The normalized spacial score (nSPS) is 10.5. The molecule has 17 heavy (non-hydrogen) atoms. The van der Waals surface area contributed by atoms with Crippen LogP contribution >= 0.6 is 0 Å². The second-order valence-electron chi connectivity index (χ2n) is 3.89. The lowest BCUT2D eigenvalue weighted by Gasteiger charge is -2.07. The largest absolute Gasteiger partial charge is 0.481 e. The van der Waals surface area contributed by atoms with Crippen LogP contribution in [0.2, 0.25) is 0 Å². The van der Waals surface area contributed by atoms with E-state index in [0.29, 0.717) is 5.88 Å². The van der Waals surface area contributed by atoms with Gasteiger partial charge < -0.3 is 9.30 Å². The molecule has 4 nitrogen and oxygen atoms in total. The van der Waals surface area contributed by atoms with Gasteiger partial charge in [0.1, 0.15) is 5.82 Å². The van der Waals surface area contributed by atoms with Crippen molar-refractivity contribution in [1.29, 1.82) is 0 Å². The molecule has 0 fully saturated rings. The fraction of sp³-hybridized carbons (Fsp3) is 0.385. The molecule has 0 aliphatic rings. The van der Waals surface area contributed by atoms with Crippen LogP contribution in [-0.2, 0) is 13.0 Å². The number of hydrogen-bond donors (Lipinski definition) is 0. The molecule has 0 saturated carbocycles. The van der Waals surface area contributed by atoms with Gasteiger partial charge in [-0.3, -0.25) is 0 Å². The lowest BCUT2D eigenvalue weighted by Crippen LogP contribution is -2.06. The summed E-state index contributed by atoms with van der Waals surface area (Å²) in [5.41, 5.74) is 0.986. The van der Waals surface area contributed by atoms with Gasteiger partial charge in [0.05, 0.1) is 19.3 Å². The first-order valence-corrected chi connectivity index (χ1v) is 5.83. The molecule has 2 rings (SSSR count). The molecule has 0 amide bonds. The van der Waals surface area contributed by atoms with Crippen molar-refractivity contribution >= 4 is 0 Å². The van der Waals surface area contributed by atoms with Crippen molar-refractivity contribution in [3.05, 3.63) is 42.1 Å². The van der Waals surface area contributed by atoms with Gasteiger partial charge in [-0.15, -0.1) is 0 Å². The molecule has 0 aromatic carbocycles. The van der Waals surface area contributed by atoms with Crippen LogP contribution in [0.5, 0.6) is 5.88 Å². The first-order valence-electron chi connectivity index (χ1n) is 5.83. The summed E-state index contributed by atoms with van der Waals surface area (Å²) in [5, 5.41) is 0. The van der Waals surface area contributed by atoms with Gasteiger partial charge in [-0.1, -0.05) is 13.0 Å². The van der Waals surface area contributed by atoms with E-state index < -0.39 is 0 Å². The first kappa shape index (κ1) is 11.6. The van der Waals surface area contributed by atoms with Crippen molar-refractivity contribution in [3.63, 3.8) is 0 Å². The van der Waals surface area contributed by atoms with E-state index in [2.05, 4.69) is 21.5 Å². The van der Waals surface area contributed by atoms with Gasteiger partial charge in [-0.2, -0.15) is 0 Å². The number of rotatable bonds is 5. The summed E-state index contributed by atoms with van der Waals surface area (Å²) in [5.74, 6) is 1.76. The van der Waals surface area contributed by atoms with Crippen LogP contribution in [0.1, 0.15) is 24.9 Å². The highest BCUT2D eigenvalue weighted by atomic mass is 16.5. The molecule has 2 heterocycles. The molecule has 0 radical (unpaired) electrons. The summed E-state index contributed by atoms with van der Waals surface area (Å²) < 4.78 is 7.25. The Labute approximate surface area is 101 Å².